The number of carbonyl (C=O) groups is 1. The predicted molar refractivity (Wildman–Crippen MR) is 76.0 cm³/mol. The van der Waals surface area contributed by atoms with E-state index in [0.717, 1.165) is 17.0 Å². The number of anilines is 1. The molecular formula is C14H13F3N2OS. The first-order valence-electron chi connectivity index (χ1n) is 6.03. The number of halogens is 3. The third-order valence-electron chi connectivity index (χ3n) is 2.93. The molecule has 0 radical (unpaired) electrons. The van der Waals surface area contributed by atoms with Crippen LogP contribution in [0.1, 0.15) is 20.8 Å². The van der Waals surface area contributed by atoms with E-state index in [1.165, 1.54) is 22.3 Å². The maximum atomic E-state index is 12.8. The van der Waals surface area contributed by atoms with Crippen molar-refractivity contribution in [3.8, 4) is 0 Å². The average molecular weight is 314 g/mol. The summed E-state index contributed by atoms with van der Waals surface area (Å²) in [7, 11) is 1.55. The van der Waals surface area contributed by atoms with Crippen LogP contribution < -0.4 is 5.73 Å². The molecular weight excluding hydrogens is 301 g/mol. The van der Waals surface area contributed by atoms with Crippen molar-refractivity contribution in [1.29, 1.82) is 0 Å². The van der Waals surface area contributed by atoms with E-state index in [0.29, 0.717) is 6.54 Å². The molecule has 0 saturated carbocycles. The third-order valence-corrected chi connectivity index (χ3v) is 3.79. The van der Waals surface area contributed by atoms with Crippen molar-refractivity contribution in [2.75, 3.05) is 12.8 Å². The molecule has 0 bridgehead atoms. The number of amides is 1. The zero-order chi connectivity index (χ0) is 15.6. The molecule has 0 unspecified atom stereocenters. The van der Waals surface area contributed by atoms with Crippen LogP contribution in [0.3, 0.4) is 0 Å². The minimum Gasteiger partial charge on any atom is -0.398 e. The number of benzene rings is 1. The van der Waals surface area contributed by atoms with E-state index in [1.54, 1.807) is 7.05 Å². The second-order valence-electron chi connectivity index (χ2n) is 4.54. The van der Waals surface area contributed by atoms with Gasteiger partial charge < -0.3 is 10.6 Å². The van der Waals surface area contributed by atoms with Crippen molar-refractivity contribution in [3.63, 3.8) is 0 Å². The molecule has 1 amide bonds. The minimum absolute atomic E-state index is 0.0319. The molecule has 1 heterocycles. The molecule has 21 heavy (non-hydrogen) atoms. The second-order valence-corrected chi connectivity index (χ2v) is 5.57. The third kappa shape index (κ3) is 3.55. The van der Waals surface area contributed by atoms with Gasteiger partial charge in [-0.25, -0.2) is 0 Å². The van der Waals surface area contributed by atoms with E-state index in [4.69, 9.17) is 5.73 Å². The highest BCUT2D eigenvalue weighted by atomic mass is 32.1. The number of hydrogen-bond donors (Lipinski definition) is 1. The molecule has 2 rings (SSSR count). The van der Waals surface area contributed by atoms with E-state index in [-0.39, 0.29) is 11.3 Å². The van der Waals surface area contributed by atoms with Gasteiger partial charge in [0.2, 0.25) is 0 Å². The molecule has 7 heteroatoms. The number of nitrogens with zero attached hydrogens (tertiary/aromatic N) is 1. The Morgan fingerprint density at radius 2 is 2.05 bits per heavy atom. The van der Waals surface area contributed by atoms with Crippen molar-refractivity contribution in [2.24, 2.45) is 0 Å². The van der Waals surface area contributed by atoms with Gasteiger partial charge in [0.15, 0.2) is 0 Å². The molecule has 2 aromatic rings. The fourth-order valence-electron chi connectivity index (χ4n) is 1.86. The number of rotatable bonds is 3. The number of carbonyl (C=O) groups excluding carboxylic acids is 1. The van der Waals surface area contributed by atoms with E-state index in [9.17, 15) is 18.0 Å². The normalized spacial score (nSPS) is 11.4. The molecule has 0 aliphatic carbocycles. The summed E-state index contributed by atoms with van der Waals surface area (Å²) in [4.78, 5) is 14.5. The van der Waals surface area contributed by atoms with Crippen LogP contribution in [0.5, 0.6) is 0 Å². The monoisotopic (exact) mass is 314 g/mol. The van der Waals surface area contributed by atoms with Crippen molar-refractivity contribution in [1.82, 2.24) is 4.90 Å². The largest absolute Gasteiger partial charge is 0.418 e. The van der Waals surface area contributed by atoms with Gasteiger partial charge >= 0.3 is 6.18 Å². The van der Waals surface area contributed by atoms with Crippen molar-refractivity contribution in [3.05, 3.63) is 51.7 Å². The summed E-state index contributed by atoms with van der Waals surface area (Å²) in [6, 6.07) is 6.91. The van der Waals surface area contributed by atoms with Gasteiger partial charge in [-0.15, -0.1) is 11.3 Å². The van der Waals surface area contributed by atoms with Crippen LogP contribution in [0.25, 0.3) is 0 Å². The molecule has 1 aromatic heterocycles. The van der Waals surface area contributed by atoms with Crippen LogP contribution in [0.2, 0.25) is 0 Å². The molecule has 0 fully saturated rings. The first-order valence-corrected chi connectivity index (χ1v) is 6.91. The molecule has 0 spiro atoms. The van der Waals surface area contributed by atoms with E-state index >= 15 is 0 Å². The molecule has 1 aromatic carbocycles. The molecule has 112 valence electrons. The van der Waals surface area contributed by atoms with E-state index < -0.39 is 17.6 Å². The number of thiophene rings is 1. The molecule has 2 N–H and O–H groups in total. The van der Waals surface area contributed by atoms with Gasteiger partial charge in [0.25, 0.3) is 5.91 Å². The average Bonchev–Trinajstić information content (AvgIpc) is 2.90. The quantitative estimate of drug-likeness (QED) is 0.880. The van der Waals surface area contributed by atoms with Crippen LogP contribution >= 0.6 is 11.3 Å². The lowest BCUT2D eigenvalue weighted by molar-refractivity contribution is -0.136. The van der Waals surface area contributed by atoms with E-state index in [1.807, 2.05) is 17.5 Å². The summed E-state index contributed by atoms with van der Waals surface area (Å²) in [5.74, 6) is -0.478. The first kappa shape index (κ1) is 15.4. The molecule has 0 saturated heterocycles. The molecule has 3 nitrogen and oxygen atoms in total. The Morgan fingerprint density at radius 3 is 2.62 bits per heavy atom. The zero-order valence-corrected chi connectivity index (χ0v) is 12.0. The van der Waals surface area contributed by atoms with Crippen LogP contribution in [0.4, 0.5) is 18.9 Å². The standard InChI is InChI=1S/C14H13F3N2OS/c1-19(8-10-3-2-6-21-10)13(20)9-4-5-12(18)11(7-9)14(15,16)17/h2-7H,8,18H2,1H3. The van der Waals surface area contributed by atoms with Gasteiger partial charge in [-0.2, -0.15) is 13.2 Å². The van der Waals surface area contributed by atoms with Gasteiger partial charge in [0.05, 0.1) is 12.1 Å². The summed E-state index contributed by atoms with van der Waals surface area (Å²) in [6.07, 6.45) is -4.58. The molecule has 0 aliphatic rings. The SMILES string of the molecule is CN(Cc1cccs1)C(=O)c1ccc(N)c(C(F)(F)F)c1. The summed E-state index contributed by atoms with van der Waals surface area (Å²) in [5.41, 5.74) is 3.91. The maximum absolute atomic E-state index is 12.8. The van der Waals surface area contributed by atoms with Gasteiger partial charge in [-0.1, -0.05) is 6.07 Å². The van der Waals surface area contributed by atoms with Crippen LogP contribution in [-0.4, -0.2) is 17.9 Å². The fraction of sp³-hybridized carbons (Fsp3) is 0.214. The zero-order valence-electron chi connectivity index (χ0n) is 11.1. The van der Waals surface area contributed by atoms with Gasteiger partial charge in [-0.05, 0) is 29.6 Å². The molecule has 0 aliphatic heterocycles. The van der Waals surface area contributed by atoms with Crippen molar-refractivity contribution >= 4 is 22.9 Å². The van der Waals surface area contributed by atoms with E-state index in [2.05, 4.69) is 0 Å². The topological polar surface area (TPSA) is 46.3 Å². The Kier molecular flexibility index (Phi) is 4.22. The highest BCUT2D eigenvalue weighted by molar-refractivity contribution is 7.09. The lowest BCUT2D eigenvalue weighted by Crippen LogP contribution is -2.26. The minimum atomic E-state index is -4.58. The Labute approximate surface area is 123 Å². The van der Waals surface area contributed by atoms with Gasteiger partial charge in [0.1, 0.15) is 0 Å². The number of nitrogen functional groups attached to an aromatic ring is 1. The number of nitrogens with two attached hydrogens (primary N) is 1. The fourth-order valence-corrected chi connectivity index (χ4v) is 2.62. The number of alkyl halides is 3. The van der Waals surface area contributed by atoms with Crippen LogP contribution in [0, 0.1) is 0 Å². The van der Waals surface area contributed by atoms with Crippen LogP contribution in [0.15, 0.2) is 35.7 Å². The summed E-state index contributed by atoms with van der Waals surface area (Å²) in [5, 5.41) is 1.87. The Bertz CT molecular complexity index is 638. The summed E-state index contributed by atoms with van der Waals surface area (Å²) >= 11 is 1.48. The van der Waals surface area contributed by atoms with Gasteiger partial charge in [0, 0.05) is 23.2 Å². The maximum Gasteiger partial charge on any atom is 0.418 e. The molecule has 0 atom stereocenters. The smallest absolute Gasteiger partial charge is 0.398 e. The predicted octanol–water partition coefficient (Wildman–Crippen LogP) is 3.62. The van der Waals surface area contributed by atoms with Crippen molar-refractivity contribution in [2.45, 2.75) is 12.7 Å². The Hall–Kier alpha value is -2.02. The van der Waals surface area contributed by atoms with Crippen molar-refractivity contribution < 1.29 is 18.0 Å². The lowest BCUT2D eigenvalue weighted by atomic mass is 10.1. The Balaban J connectivity index is 2.23. The first-order chi connectivity index (χ1) is 9.79. The highest BCUT2D eigenvalue weighted by Crippen LogP contribution is 2.34. The number of hydrogen-bond acceptors (Lipinski definition) is 3. The van der Waals surface area contributed by atoms with Gasteiger partial charge in [-0.3, -0.25) is 4.79 Å². The second kappa shape index (κ2) is 5.77. The Morgan fingerprint density at radius 1 is 1.33 bits per heavy atom. The lowest BCUT2D eigenvalue weighted by Gasteiger charge is -2.18. The highest BCUT2D eigenvalue weighted by Gasteiger charge is 2.33. The van der Waals surface area contributed by atoms with Crippen LogP contribution in [-0.2, 0) is 12.7 Å². The summed E-state index contributed by atoms with van der Waals surface area (Å²) < 4.78 is 38.4. The summed E-state index contributed by atoms with van der Waals surface area (Å²) in [6.45, 7) is 0.349.